The van der Waals surface area contributed by atoms with E-state index < -0.39 is 0 Å². The van der Waals surface area contributed by atoms with Gasteiger partial charge in [0.15, 0.2) is 0 Å². The Labute approximate surface area is 108 Å². The molecule has 0 radical (unpaired) electrons. The zero-order chi connectivity index (χ0) is 12.5. The maximum absolute atomic E-state index is 13.1. The van der Waals surface area contributed by atoms with Gasteiger partial charge in [0.2, 0.25) is 0 Å². The normalized spacial score (nSPS) is 11.0. The van der Waals surface area contributed by atoms with Crippen LogP contribution in [-0.2, 0) is 6.54 Å². The molecule has 2 aromatic carbocycles. The summed E-state index contributed by atoms with van der Waals surface area (Å²) in [5.41, 5.74) is 8.52. The monoisotopic (exact) mass is 258 g/mol. The lowest BCUT2D eigenvalue weighted by Crippen LogP contribution is -1.94. The van der Waals surface area contributed by atoms with Crippen LogP contribution < -0.4 is 5.73 Å². The van der Waals surface area contributed by atoms with Gasteiger partial charge in [-0.2, -0.15) is 0 Å². The molecule has 0 unspecified atom stereocenters. The second-order valence-electron chi connectivity index (χ2n) is 4.03. The number of nitrogens with zero attached hydrogens (tertiary/aromatic N) is 1. The molecule has 0 aliphatic rings. The van der Waals surface area contributed by atoms with Crippen molar-refractivity contribution in [2.24, 2.45) is 5.73 Å². The Hall–Kier alpha value is -1.78. The van der Waals surface area contributed by atoms with Gasteiger partial charge in [-0.15, -0.1) is 11.3 Å². The molecule has 4 heteroatoms. The Morgan fingerprint density at radius 2 is 1.89 bits per heavy atom. The van der Waals surface area contributed by atoms with Crippen molar-refractivity contribution in [2.45, 2.75) is 6.54 Å². The summed E-state index contributed by atoms with van der Waals surface area (Å²) in [6.07, 6.45) is 0. The number of hydrogen-bond donors (Lipinski definition) is 1. The van der Waals surface area contributed by atoms with Gasteiger partial charge in [-0.3, -0.25) is 0 Å². The molecule has 90 valence electrons. The van der Waals surface area contributed by atoms with E-state index in [-0.39, 0.29) is 5.82 Å². The molecular weight excluding hydrogens is 247 g/mol. The maximum Gasteiger partial charge on any atom is 0.124 e. The van der Waals surface area contributed by atoms with E-state index in [0.717, 1.165) is 26.4 Å². The molecule has 0 bridgehead atoms. The molecule has 18 heavy (non-hydrogen) atoms. The molecule has 0 amide bonds. The van der Waals surface area contributed by atoms with E-state index in [4.69, 9.17) is 5.73 Å². The molecule has 3 aromatic rings. The number of halogens is 1. The van der Waals surface area contributed by atoms with Crippen molar-refractivity contribution in [1.82, 2.24) is 4.98 Å². The number of hydrogen-bond acceptors (Lipinski definition) is 3. The minimum absolute atomic E-state index is 0.226. The standard InChI is InChI=1S/C14H11FN2S/c15-11-5-6-12-13(7-11)18-14(17-12)10-3-1-9(8-16)2-4-10/h1-7H,8,16H2. The first-order valence-corrected chi connectivity index (χ1v) is 6.43. The zero-order valence-electron chi connectivity index (χ0n) is 9.56. The molecular formula is C14H11FN2S. The van der Waals surface area contributed by atoms with Crippen molar-refractivity contribution in [3.63, 3.8) is 0 Å². The highest BCUT2D eigenvalue weighted by Gasteiger charge is 2.06. The molecule has 0 atom stereocenters. The van der Waals surface area contributed by atoms with Crippen LogP contribution in [0.4, 0.5) is 4.39 Å². The van der Waals surface area contributed by atoms with E-state index in [2.05, 4.69) is 4.98 Å². The quantitative estimate of drug-likeness (QED) is 0.763. The number of benzene rings is 2. The van der Waals surface area contributed by atoms with Crippen LogP contribution in [0.25, 0.3) is 20.8 Å². The summed E-state index contributed by atoms with van der Waals surface area (Å²) in [6.45, 7) is 0.533. The Bertz CT molecular complexity index is 689. The fourth-order valence-corrected chi connectivity index (χ4v) is 2.80. The molecule has 1 heterocycles. The number of aromatic nitrogens is 1. The van der Waals surface area contributed by atoms with Gasteiger partial charge in [0.25, 0.3) is 0 Å². The predicted octanol–water partition coefficient (Wildman–Crippen LogP) is 3.56. The summed E-state index contributed by atoms with van der Waals surface area (Å²) in [5.74, 6) is -0.226. The summed E-state index contributed by atoms with van der Waals surface area (Å²) >= 11 is 1.50. The van der Waals surface area contributed by atoms with Gasteiger partial charge in [-0.05, 0) is 23.8 Å². The van der Waals surface area contributed by atoms with Crippen molar-refractivity contribution in [3.8, 4) is 10.6 Å². The second-order valence-corrected chi connectivity index (χ2v) is 5.06. The molecule has 2 N–H and O–H groups in total. The number of rotatable bonds is 2. The third-order valence-electron chi connectivity index (χ3n) is 2.79. The minimum atomic E-state index is -0.226. The molecule has 0 spiro atoms. The Kier molecular flexibility index (Phi) is 2.81. The first-order chi connectivity index (χ1) is 8.76. The Morgan fingerprint density at radius 3 is 2.61 bits per heavy atom. The highest BCUT2D eigenvalue weighted by molar-refractivity contribution is 7.21. The third-order valence-corrected chi connectivity index (χ3v) is 3.85. The van der Waals surface area contributed by atoms with Gasteiger partial charge < -0.3 is 5.73 Å². The first-order valence-electron chi connectivity index (χ1n) is 5.62. The molecule has 0 fully saturated rings. The average molecular weight is 258 g/mol. The van der Waals surface area contributed by atoms with Crippen LogP contribution in [0, 0.1) is 5.82 Å². The zero-order valence-corrected chi connectivity index (χ0v) is 10.4. The lowest BCUT2D eigenvalue weighted by molar-refractivity contribution is 0.630. The summed E-state index contributed by atoms with van der Waals surface area (Å²) < 4.78 is 14.0. The van der Waals surface area contributed by atoms with E-state index in [9.17, 15) is 4.39 Å². The van der Waals surface area contributed by atoms with E-state index in [1.807, 2.05) is 24.3 Å². The average Bonchev–Trinajstić information content (AvgIpc) is 2.81. The number of fused-ring (bicyclic) bond motifs is 1. The molecule has 1 aromatic heterocycles. The van der Waals surface area contributed by atoms with Crippen molar-refractivity contribution in [2.75, 3.05) is 0 Å². The van der Waals surface area contributed by atoms with Crippen molar-refractivity contribution in [3.05, 3.63) is 53.8 Å². The predicted molar refractivity (Wildman–Crippen MR) is 72.9 cm³/mol. The van der Waals surface area contributed by atoms with Gasteiger partial charge in [0, 0.05) is 12.1 Å². The molecule has 0 aliphatic carbocycles. The van der Waals surface area contributed by atoms with Crippen LogP contribution in [0.2, 0.25) is 0 Å². The summed E-state index contributed by atoms with van der Waals surface area (Å²) in [5, 5.41) is 0.902. The SMILES string of the molecule is NCc1ccc(-c2nc3ccc(F)cc3s2)cc1. The van der Waals surface area contributed by atoms with Gasteiger partial charge in [-0.1, -0.05) is 24.3 Å². The smallest absolute Gasteiger partial charge is 0.124 e. The van der Waals surface area contributed by atoms with Gasteiger partial charge in [0.05, 0.1) is 10.2 Å². The fraction of sp³-hybridized carbons (Fsp3) is 0.0714. The molecule has 0 saturated heterocycles. The molecule has 0 aliphatic heterocycles. The van der Waals surface area contributed by atoms with Crippen molar-refractivity contribution >= 4 is 21.6 Å². The van der Waals surface area contributed by atoms with Crippen LogP contribution >= 0.6 is 11.3 Å². The van der Waals surface area contributed by atoms with E-state index in [0.29, 0.717) is 6.54 Å². The van der Waals surface area contributed by atoms with Gasteiger partial charge in [-0.25, -0.2) is 9.37 Å². The number of thiazole rings is 1. The highest BCUT2D eigenvalue weighted by Crippen LogP contribution is 2.30. The third kappa shape index (κ3) is 2.00. The van der Waals surface area contributed by atoms with Crippen molar-refractivity contribution in [1.29, 1.82) is 0 Å². The van der Waals surface area contributed by atoms with E-state index >= 15 is 0 Å². The molecule has 2 nitrogen and oxygen atoms in total. The van der Waals surface area contributed by atoms with E-state index in [1.54, 1.807) is 6.07 Å². The molecule has 0 saturated carbocycles. The minimum Gasteiger partial charge on any atom is -0.326 e. The molecule has 3 rings (SSSR count). The van der Waals surface area contributed by atoms with Crippen LogP contribution in [-0.4, -0.2) is 4.98 Å². The summed E-state index contributed by atoms with van der Waals surface area (Å²) in [7, 11) is 0. The largest absolute Gasteiger partial charge is 0.326 e. The number of nitrogens with two attached hydrogens (primary N) is 1. The highest BCUT2D eigenvalue weighted by atomic mass is 32.1. The van der Waals surface area contributed by atoms with Crippen LogP contribution in [0.15, 0.2) is 42.5 Å². The Morgan fingerprint density at radius 1 is 1.11 bits per heavy atom. The second kappa shape index (κ2) is 4.48. The summed E-state index contributed by atoms with van der Waals surface area (Å²) in [4.78, 5) is 4.50. The van der Waals surface area contributed by atoms with Crippen LogP contribution in [0.1, 0.15) is 5.56 Å². The topological polar surface area (TPSA) is 38.9 Å². The lowest BCUT2D eigenvalue weighted by atomic mass is 10.1. The van der Waals surface area contributed by atoms with Gasteiger partial charge in [0.1, 0.15) is 10.8 Å². The van der Waals surface area contributed by atoms with Gasteiger partial charge >= 0.3 is 0 Å². The fourth-order valence-electron chi connectivity index (χ4n) is 1.81. The maximum atomic E-state index is 13.1. The lowest BCUT2D eigenvalue weighted by Gasteiger charge is -1.98. The summed E-state index contributed by atoms with van der Waals surface area (Å²) in [6, 6.07) is 12.6. The van der Waals surface area contributed by atoms with Crippen LogP contribution in [0.3, 0.4) is 0 Å². The Balaban J connectivity index is 2.07. The van der Waals surface area contributed by atoms with Crippen molar-refractivity contribution < 1.29 is 4.39 Å². The van der Waals surface area contributed by atoms with Crippen LogP contribution in [0.5, 0.6) is 0 Å². The first kappa shape index (κ1) is 11.3. The van der Waals surface area contributed by atoms with E-state index in [1.165, 1.54) is 23.5 Å².